The first-order chi connectivity index (χ1) is 34.1. The molecule has 9 rings (SSSR count). The first-order valence-electron chi connectivity index (χ1n) is 22.7. The van der Waals surface area contributed by atoms with E-state index >= 15 is 0 Å². The third kappa shape index (κ3) is 9.79. The molecule has 0 bridgehead atoms. The quantitative estimate of drug-likeness (QED) is 0.0721. The third-order valence-corrected chi connectivity index (χ3v) is 11.9. The number of para-hydroxylation sites is 2. The van der Waals surface area contributed by atoms with E-state index in [9.17, 15) is 14.4 Å². The molecule has 1 aliphatic rings. The fourth-order valence-corrected chi connectivity index (χ4v) is 8.33. The van der Waals surface area contributed by atoms with Gasteiger partial charge in [-0.3, -0.25) is 14.7 Å². The Morgan fingerprint density at radius 2 is 1.24 bits per heavy atom. The Balaban J connectivity index is 1.11. The summed E-state index contributed by atoms with van der Waals surface area (Å²) in [5.74, 6) is -0.344. The van der Waals surface area contributed by atoms with Crippen LogP contribution < -0.4 is 24.4 Å². The van der Waals surface area contributed by atoms with E-state index in [1.165, 1.54) is 11.2 Å². The van der Waals surface area contributed by atoms with Crippen LogP contribution in [-0.4, -0.2) is 70.5 Å². The summed E-state index contributed by atoms with van der Waals surface area (Å²) in [6.45, 7) is 3.39. The van der Waals surface area contributed by atoms with Gasteiger partial charge in [0.15, 0.2) is 11.2 Å². The predicted octanol–water partition coefficient (Wildman–Crippen LogP) is 10.3. The second-order valence-corrected chi connectivity index (χ2v) is 16.7. The van der Waals surface area contributed by atoms with E-state index in [0.717, 1.165) is 16.7 Å². The topological polar surface area (TPSA) is 165 Å². The fourth-order valence-electron chi connectivity index (χ4n) is 8.33. The highest BCUT2D eigenvalue weighted by atomic mass is 16.6. The van der Waals surface area contributed by atoms with Crippen LogP contribution >= 0.6 is 0 Å². The monoisotopic (exact) mass is 938 g/mol. The van der Waals surface area contributed by atoms with Crippen molar-refractivity contribution in [3.05, 3.63) is 198 Å². The maximum atomic E-state index is 14.3. The summed E-state index contributed by atoms with van der Waals surface area (Å²) in [6.07, 6.45) is -1.75. The smallest absolute Gasteiger partial charge is 0.425 e. The van der Waals surface area contributed by atoms with Crippen LogP contribution in [0.3, 0.4) is 0 Å². The number of anilines is 3. The van der Waals surface area contributed by atoms with Crippen molar-refractivity contribution in [2.75, 3.05) is 31.0 Å². The van der Waals surface area contributed by atoms with Gasteiger partial charge < -0.3 is 28.4 Å². The number of amides is 2. The van der Waals surface area contributed by atoms with E-state index in [1.54, 1.807) is 81.2 Å². The standard InChI is InChI=1S/C55H50N6O9/c1-36(2)50(62)58-53-57-49-48(51(59-53)70-54(64)61(41-21-13-7-14-22-41)42-23-15-8-16-24-42)56-35-60(49)47-33-45(69-52(63)37-17-9-5-10-18-37)46(68-47)34-67-55(38-19-11-6-12-20-38,39-25-29-43(65-3)30-26-39)40-27-31-44(66-4)32-28-40/h5-32,35-36,45-47H,33-34H2,1-4H3,(H,57,58,59,62). The van der Waals surface area contributed by atoms with Crippen molar-refractivity contribution >= 4 is 46.5 Å². The van der Waals surface area contributed by atoms with E-state index in [4.69, 9.17) is 33.4 Å². The zero-order valence-electron chi connectivity index (χ0n) is 38.9. The maximum absolute atomic E-state index is 14.3. The van der Waals surface area contributed by atoms with Crippen molar-refractivity contribution < 1.29 is 42.8 Å². The summed E-state index contributed by atoms with van der Waals surface area (Å²) >= 11 is 0. The van der Waals surface area contributed by atoms with Gasteiger partial charge in [-0.15, -0.1) is 0 Å². The molecule has 3 heterocycles. The molecule has 1 saturated heterocycles. The number of ether oxygens (including phenoxy) is 6. The molecule has 0 radical (unpaired) electrons. The van der Waals surface area contributed by atoms with Crippen LogP contribution in [0.15, 0.2) is 176 Å². The highest BCUT2D eigenvalue weighted by molar-refractivity contribution is 5.98. The minimum absolute atomic E-state index is 0.0782. The summed E-state index contributed by atoms with van der Waals surface area (Å²) in [5.41, 5.74) is 2.93. The molecule has 3 unspecified atom stereocenters. The summed E-state index contributed by atoms with van der Waals surface area (Å²) in [4.78, 5) is 56.6. The molecule has 1 fully saturated rings. The van der Waals surface area contributed by atoms with Crippen molar-refractivity contribution in [2.45, 2.75) is 44.3 Å². The molecule has 15 nitrogen and oxygen atoms in total. The SMILES string of the molecule is COc1ccc(C(OCC2OC(n3cnc4c(OC(=O)N(c5ccccc5)c5ccccc5)nc(NC(=O)C(C)C)nc43)CC2OC(=O)c2ccccc2)(c2ccccc2)c2ccc(OC)cc2)cc1. The lowest BCUT2D eigenvalue weighted by atomic mass is 9.80. The number of carbonyl (C=O) groups excluding carboxylic acids is 3. The summed E-state index contributed by atoms with van der Waals surface area (Å²) in [5, 5.41) is 2.75. The van der Waals surface area contributed by atoms with Crippen molar-refractivity contribution in [3.8, 4) is 17.4 Å². The van der Waals surface area contributed by atoms with Crippen LogP contribution in [0.5, 0.6) is 17.4 Å². The molecule has 1 N–H and O–H groups in total. The number of rotatable bonds is 16. The molecule has 2 amide bonds. The molecule has 0 aliphatic carbocycles. The summed E-state index contributed by atoms with van der Waals surface area (Å²) in [6, 6.07) is 51.9. The first-order valence-corrected chi connectivity index (χ1v) is 22.7. The zero-order chi connectivity index (χ0) is 48.6. The lowest BCUT2D eigenvalue weighted by Gasteiger charge is -2.37. The Kier molecular flexibility index (Phi) is 13.9. The van der Waals surface area contributed by atoms with Crippen LogP contribution in [0.4, 0.5) is 22.1 Å². The first kappa shape index (κ1) is 46.7. The minimum Gasteiger partial charge on any atom is -0.497 e. The molecule has 354 valence electrons. The molecule has 1 aliphatic heterocycles. The van der Waals surface area contributed by atoms with Gasteiger partial charge in [-0.25, -0.2) is 19.5 Å². The molecule has 70 heavy (non-hydrogen) atoms. The number of nitrogens with one attached hydrogen (secondary N) is 1. The van der Waals surface area contributed by atoms with Crippen LogP contribution in [0.2, 0.25) is 0 Å². The predicted molar refractivity (Wildman–Crippen MR) is 262 cm³/mol. The molecule has 3 atom stereocenters. The Labute approximate surface area is 404 Å². The minimum atomic E-state index is -1.22. The van der Waals surface area contributed by atoms with Gasteiger partial charge in [-0.2, -0.15) is 9.97 Å². The highest BCUT2D eigenvalue weighted by Crippen LogP contribution is 2.44. The molecule has 0 spiro atoms. The van der Waals surface area contributed by atoms with Gasteiger partial charge >= 0.3 is 12.1 Å². The summed E-state index contributed by atoms with van der Waals surface area (Å²) < 4.78 is 39.3. The number of carbonyl (C=O) groups is 3. The number of fused-ring (bicyclic) bond motifs is 1. The number of imidazole rings is 1. The Hall–Kier alpha value is -8.40. The largest absolute Gasteiger partial charge is 0.497 e. The average Bonchev–Trinajstić information content (AvgIpc) is 4.02. The number of esters is 1. The van der Waals surface area contributed by atoms with Gasteiger partial charge in [0.1, 0.15) is 35.5 Å². The Bertz CT molecular complexity index is 2960. The molecule has 15 heteroatoms. The number of hydrogen-bond donors (Lipinski definition) is 1. The van der Waals surface area contributed by atoms with Crippen LogP contribution in [0, 0.1) is 5.92 Å². The maximum Gasteiger partial charge on any atom is 0.425 e. The van der Waals surface area contributed by atoms with E-state index in [0.29, 0.717) is 28.4 Å². The van der Waals surface area contributed by atoms with Crippen molar-refractivity contribution in [2.24, 2.45) is 5.92 Å². The van der Waals surface area contributed by atoms with Gasteiger partial charge in [0.2, 0.25) is 11.9 Å². The Morgan fingerprint density at radius 1 is 0.714 bits per heavy atom. The fraction of sp³-hybridized carbons (Fsp3) is 0.200. The van der Waals surface area contributed by atoms with Gasteiger partial charge in [0.05, 0.1) is 44.1 Å². The number of benzene rings is 6. The second-order valence-electron chi connectivity index (χ2n) is 16.7. The number of methoxy groups -OCH3 is 2. The molecule has 6 aromatic carbocycles. The van der Waals surface area contributed by atoms with Gasteiger partial charge in [0, 0.05) is 12.3 Å². The van der Waals surface area contributed by atoms with Gasteiger partial charge in [0.25, 0.3) is 5.88 Å². The molecule has 2 aromatic heterocycles. The van der Waals surface area contributed by atoms with Crippen molar-refractivity contribution in [1.29, 1.82) is 0 Å². The van der Waals surface area contributed by atoms with Gasteiger partial charge in [-0.1, -0.05) is 123 Å². The lowest BCUT2D eigenvalue weighted by molar-refractivity contribution is -0.118. The molecular formula is C55H50N6O9. The van der Waals surface area contributed by atoms with E-state index in [-0.39, 0.29) is 41.9 Å². The summed E-state index contributed by atoms with van der Waals surface area (Å²) in [7, 11) is 3.22. The molecule has 0 saturated carbocycles. The second kappa shape index (κ2) is 20.9. The van der Waals surface area contributed by atoms with Crippen molar-refractivity contribution in [1.82, 2.24) is 19.5 Å². The third-order valence-electron chi connectivity index (χ3n) is 11.9. The normalized spacial score (nSPS) is 15.6. The molecule has 8 aromatic rings. The molecular weight excluding hydrogens is 889 g/mol. The van der Waals surface area contributed by atoms with Gasteiger partial charge in [-0.05, 0) is 77.4 Å². The number of aromatic nitrogens is 4. The van der Waals surface area contributed by atoms with Crippen LogP contribution in [0.1, 0.15) is 53.5 Å². The average molecular weight is 939 g/mol. The van der Waals surface area contributed by atoms with Crippen molar-refractivity contribution in [3.63, 3.8) is 0 Å². The number of nitrogens with zero attached hydrogens (tertiary/aromatic N) is 5. The number of hydrogen-bond acceptors (Lipinski definition) is 12. The lowest BCUT2D eigenvalue weighted by Crippen LogP contribution is -2.39. The zero-order valence-corrected chi connectivity index (χ0v) is 38.9. The van der Waals surface area contributed by atoms with E-state index in [1.807, 2.05) is 121 Å². The van der Waals surface area contributed by atoms with E-state index < -0.39 is 42.0 Å². The Morgan fingerprint density at radius 3 is 1.79 bits per heavy atom. The van der Waals surface area contributed by atoms with Crippen LogP contribution in [0.25, 0.3) is 11.2 Å². The highest BCUT2D eigenvalue weighted by Gasteiger charge is 2.44. The van der Waals surface area contributed by atoms with E-state index in [2.05, 4.69) is 15.3 Å². The van der Waals surface area contributed by atoms with Crippen LogP contribution in [-0.2, 0) is 24.6 Å².